The zero-order valence-electron chi connectivity index (χ0n) is 12.2. The molecule has 1 fully saturated rings. The molecule has 0 spiro atoms. The lowest BCUT2D eigenvalue weighted by Gasteiger charge is -2.33. The number of aromatic nitrogens is 1. The van der Waals surface area contributed by atoms with Crippen molar-refractivity contribution in [2.24, 2.45) is 11.8 Å². The van der Waals surface area contributed by atoms with Crippen molar-refractivity contribution in [3.05, 3.63) is 23.9 Å². The highest BCUT2D eigenvalue weighted by molar-refractivity contribution is 5.32. The standard InChI is InChI=1S/C16H27N3/c1-3-18-15(14-6-4-12(2)5-7-14)10-13-8-9-19-16(17)11-13/h8-9,11-12,14-15,18H,3-7,10H2,1-2H3,(H2,17,19). The Hall–Kier alpha value is -1.09. The highest BCUT2D eigenvalue weighted by Gasteiger charge is 2.25. The Morgan fingerprint density at radius 1 is 1.37 bits per heavy atom. The Bertz CT molecular complexity index is 383. The molecule has 1 heterocycles. The zero-order chi connectivity index (χ0) is 13.7. The van der Waals surface area contributed by atoms with Crippen LogP contribution in [0.2, 0.25) is 0 Å². The topological polar surface area (TPSA) is 50.9 Å². The van der Waals surface area contributed by atoms with Gasteiger partial charge >= 0.3 is 0 Å². The Morgan fingerprint density at radius 3 is 2.74 bits per heavy atom. The van der Waals surface area contributed by atoms with E-state index in [4.69, 9.17) is 5.73 Å². The van der Waals surface area contributed by atoms with Crippen LogP contribution in [0.1, 0.15) is 45.1 Å². The van der Waals surface area contributed by atoms with Gasteiger partial charge in [0.05, 0.1) is 0 Å². The third-order valence-corrected chi connectivity index (χ3v) is 4.40. The highest BCUT2D eigenvalue weighted by Crippen LogP contribution is 2.31. The first-order chi connectivity index (χ1) is 9.19. The van der Waals surface area contributed by atoms with Crippen molar-refractivity contribution >= 4 is 5.82 Å². The maximum atomic E-state index is 5.77. The fourth-order valence-corrected chi connectivity index (χ4v) is 3.23. The normalized spacial score (nSPS) is 25.2. The summed E-state index contributed by atoms with van der Waals surface area (Å²) in [5, 5.41) is 3.67. The second kappa shape index (κ2) is 6.90. The minimum absolute atomic E-state index is 0.583. The van der Waals surface area contributed by atoms with Gasteiger partial charge in [-0.15, -0.1) is 0 Å². The average Bonchev–Trinajstić information content (AvgIpc) is 2.39. The lowest BCUT2D eigenvalue weighted by atomic mass is 9.77. The van der Waals surface area contributed by atoms with Crippen molar-refractivity contribution in [2.75, 3.05) is 12.3 Å². The molecule has 2 rings (SSSR count). The predicted octanol–water partition coefficient (Wildman–Crippen LogP) is 3.01. The third kappa shape index (κ3) is 4.20. The van der Waals surface area contributed by atoms with Gasteiger partial charge < -0.3 is 11.1 Å². The number of pyridine rings is 1. The van der Waals surface area contributed by atoms with Gasteiger partial charge in [-0.1, -0.05) is 26.7 Å². The summed E-state index contributed by atoms with van der Waals surface area (Å²) in [4.78, 5) is 4.07. The van der Waals surface area contributed by atoms with Gasteiger partial charge in [-0.25, -0.2) is 4.98 Å². The minimum Gasteiger partial charge on any atom is -0.384 e. The van der Waals surface area contributed by atoms with Crippen LogP contribution in [0.3, 0.4) is 0 Å². The van der Waals surface area contributed by atoms with Crippen molar-refractivity contribution in [3.8, 4) is 0 Å². The van der Waals surface area contributed by atoms with Crippen molar-refractivity contribution in [1.82, 2.24) is 10.3 Å². The van der Waals surface area contributed by atoms with Crippen molar-refractivity contribution in [1.29, 1.82) is 0 Å². The van der Waals surface area contributed by atoms with Gasteiger partial charge in [-0.3, -0.25) is 0 Å². The van der Waals surface area contributed by atoms with Gasteiger partial charge in [0, 0.05) is 12.2 Å². The minimum atomic E-state index is 0.583. The van der Waals surface area contributed by atoms with Crippen LogP contribution in [0.25, 0.3) is 0 Å². The van der Waals surface area contributed by atoms with E-state index in [0.29, 0.717) is 11.9 Å². The average molecular weight is 261 g/mol. The van der Waals surface area contributed by atoms with Gasteiger partial charge in [0.2, 0.25) is 0 Å². The van der Waals surface area contributed by atoms with E-state index in [1.165, 1.54) is 31.2 Å². The fraction of sp³-hybridized carbons (Fsp3) is 0.688. The molecular weight excluding hydrogens is 234 g/mol. The van der Waals surface area contributed by atoms with E-state index in [1.807, 2.05) is 12.3 Å². The molecule has 1 atom stereocenters. The van der Waals surface area contributed by atoms with E-state index in [1.54, 1.807) is 0 Å². The SMILES string of the molecule is CCNC(Cc1ccnc(N)c1)C1CCC(C)CC1. The monoisotopic (exact) mass is 261 g/mol. The molecule has 106 valence electrons. The summed E-state index contributed by atoms with van der Waals surface area (Å²) < 4.78 is 0. The van der Waals surface area contributed by atoms with E-state index < -0.39 is 0 Å². The molecule has 1 saturated carbocycles. The largest absolute Gasteiger partial charge is 0.384 e. The summed E-state index contributed by atoms with van der Waals surface area (Å²) in [6, 6.07) is 4.68. The lowest BCUT2D eigenvalue weighted by molar-refractivity contribution is 0.230. The lowest BCUT2D eigenvalue weighted by Crippen LogP contribution is -2.39. The molecule has 0 radical (unpaired) electrons. The summed E-state index contributed by atoms with van der Waals surface area (Å²) >= 11 is 0. The molecule has 0 aromatic carbocycles. The molecule has 1 aromatic rings. The zero-order valence-corrected chi connectivity index (χ0v) is 12.2. The summed E-state index contributed by atoms with van der Waals surface area (Å²) in [5.74, 6) is 2.35. The molecule has 1 unspecified atom stereocenters. The van der Waals surface area contributed by atoms with E-state index in [2.05, 4.69) is 30.2 Å². The Kier molecular flexibility index (Phi) is 5.20. The first-order valence-electron chi connectivity index (χ1n) is 7.62. The molecule has 1 aliphatic rings. The van der Waals surface area contributed by atoms with Crippen LogP contribution in [0.5, 0.6) is 0 Å². The first-order valence-corrected chi connectivity index (χ1v) is 7.62. The van der Waals surface area contributed by atoms with Crippen LogP contribution in [-0.4, -0.2) is 17.6 Å². The third-order valence-electron chi connectivity index (χ3n) is 4.40. The molecule has 3 N–H and O–H groups in total. The summed E-state index contributed by atoms with van der Waals surface area (Å²) in [6.07, 6.45) is 8.37. The molecule has 0 saturated heterocycles. The first kappa shape index (κ1) is 14.3. The van der Waals surface area contributed by atoms with E-state index in [-0.39, 0.29) is 0 Å². The van der Waals surface area contributed by atoms with Crippen molar-refractivity contribution in [2.45, 2.75) is 52.0 Å². The highest BCUT2D eigenvalue weighted by atomic mass is 14.9. The fourth-order valence-electron chi connectivity index (χ4n) is 3.23. The number of hydrogen-bond donors (Lipinski definition) is 2. The Morgan fingerprint density at radius 2 is 2.11 bits per heavy atom. The van der Waals surface area contributed by atoms with E-state index in [0.717, 1.165) is 24.8 Å². The maximum absolute atomic E-state index is 5.77. The number of nitrogens with two attached hydrogens (primary N) is 1. The number of likely N-dealkylation sites (N-methyl/N-ethyl adjacent to an activating group) is 1. The molecule has 19 heavy (non-hydrogen) atoms. The van der Waals surface area contributed by atoms with Gasteiger partial charge in [0.25, 0.3) is 0 Å². The smallest absolute Gasteiger partial charge is 0.123 e. The number of nitrogen functional groups attached to an aromatic ring is 1. The van der Waals surface area contributed by atoms with E-state index >= 15 is 0 Å². The van der Waals surface area contributed by atoms with Crippen LogP contribution < -0.4 is 11.1 Å². The van der Waals surface area contributed by atoms with Crippen LogP contribution in [-0.2, 0) is 6.42 Å². The molecule has 1 aromatic heterocycles. The molecule has 0 amide bonds. The molecule has 1 aliphatic carbocycles. The van der Waals surface area contributed by atoms with Gasteiger partial charge in [-0.2, -0.15) is 0 Å². The molecule has 0 bridgehead atoms. The summed E-state index contributed by atoms with van der Waals surface area (Å²) in [5.41, 5.74) is 7.08. The van der Waals surface area contributed by atoms with Gasteiger partial charge in [0.15, 0.2) is 0 Å². The Balaban J connectivity index is 1.99. The number of rotatable bonds is 5. The molecule has 3 nitrogen and oxygen atoms in total. The summed E-state index contributed by atoms with van der Waals surface area (Å²) in [7, 11) is 0. The quantitative estimate of drug-likeness (QED) is 0.856. The second-order valence-corrected chi connectivity index (χ2v) is 5.98. The van der Waals surface area contributed by atoms with Gasteiger partial charge in [-0.05, 0) is 55.3 Å². The Labute approximate surface area is 117 Å². The maximum Gasteiger partial charge on any atom is 0.123 e. The molecular formula is C16H27N3. The number of nitrogens with zero attached hydrogens (tertiary/aromatic N) is 1. The van der Waals surface area contributed by atoms with Crippen LogP contribution in [0, 0.1) is 11.8 Å². The van der Waals surface area contributed by atoms with Crippen molar-refractivity contribution < 1.29 is 0 Å². The molecule has 3 heteroatoms. The number of anilines is 1. The van der Waals surface area contributed by atoms with E-state index in [9.17, 15) is 0 Å². The van der Waals surface area contributed by atoms with Crippen molar-refractivity contribution in [3.63, 3.8) is 0 Å². The number of nitrogens with one attached hydrogen (secondary N) is 1. The number of hydrogen-bond acceptors (Lipinski definition) is 3. The summed E-state index contributed by atoms with van der Waals surface area (Å²) in [6.45, 7) is 5.61. The van der Waals surface area contributed by atoms with Crippen LogP contribution in [0.15, 0.2) is 18.3 Å². The molecule has 0 aliphatic heterocycles. The van der Waals surface area contributed by atoms with Crippen LogP contribution >= 0.6 is 0 Å². The predicted molar refractivity (Wildman–Crippen MR) is 80.9 cm³/mol. The van der Waals surface area contributed by atoms with Gasteiger partial charge in [0.1, 0.15) is 5.82 Å². The van der Waals surface area contributed by atoms with Crippen LogP contribution in [0.4, 0.5) is 5.82 Å². The second-order valence-electron chi connectivity index (χ2n) is 5.98.